The first kappa shape index (κ1) is 22.8. The van der Waals surface area contributed by atoms with Gasteiger partial charge < -0.3 is 20.5 Å². The van der Waals surface area contributed by atoms with Crippen molar-refractivity contribution in [2.24, 2.45) is 11.8 Å². The van der Waals surface area contributed by atoms with Crippen molar-refractivity contribution in [3.8, 4) is 11.1 Å². The minimum atomic E-state index is -1.02. The molecule has 7 heteroatoms. The molecule has 2 aliphatic carbocycles. The van der Waals surface area contributed by atoms with Gasteiger partial charge in [0.25, 0.3) is 0 Å². The van der Waals surface area contributed by atoms with E-state index in [1.165, 1.54) is 11.1 Å². The smallest absolute Gasteiger partial charge is 0.407 e. The number of alkyl carbamates (subject to hydrolysis) is 1. The zero-order valence-corrected chi connectivity index (χ0v) is 18.9. The lowest BCUT2D eigenvalue weighted by atomic mass is 9.79. The molecule has 0 radical (unpaired) electrons. The summed E-state index contributed by atoms with van der Waals surface area (Å²) in [6, 6.07) is 15.3. The Bertz CT molecular complexity index is 1000. The molecule has 0 saturated heterocycles. The molecule has 0 unspecified atom stereocenters. The van der Waals surface area contributed by atoms with Crippen LogP contribution in [0.2, 0.25) is 0 Å². The third-order valence-corrected chi connectivity index (χ3v) is 6.95. The van der Waals surface area contributed by atoms with Crippen LogP contribution in [0.5, 0.6) is 0 Å². The molecule has 2 aliphatic rings. The van der Waals surface area contributed by atoms with E-state index >= 15 is 0 Å². The van der Waals surface area contributed by atoms with Gasteiger partial charge in [0.1, 0.15) is 12.6 Å². The Labute approximate surface area is 193 Å². The fourth-order valence-corrected chi connectivity index (χ4v) is 4.71. The van der Waals surface area contributed by atoms with Crippen molar-refractivity contribution in [2.75, 3.05) is 6.61 Å². The molecule has 174 valence electrons. The number of rotatable bonds is 8. The van der Waals surface area contributed by atoms with E-state index in [9.17, 15) is 19.5 Å². The average Bonchev–Trinajstić information content (AvgIpc) is 3.11. The maximum absolute atomic E-state index is 12.4. The van der Waals surface area contributed by atoms with Crippen LogP contribution in [0.3, 0.4) is 0 Å². The highest BCUT2D eigenvalue weighted by Crippen LogP contribution is 2.44. The lowest BCUT2D eigenvalue weighted by molar-refractivity contribution is -0.144. The number of fused-ring (bicyclic) bond motifs is 3. The quantitative estimate of drug-likeness (QED) is 0.565. The van der Waals surface area contributed by atoms with Crippen LogP contribution in [0, 0.1) is 11.8 Å². The third-order valence-electron chi connectivity index (χ3n) is 6.95. The molecule has 2 aromatic rings. The highest BCUT2D eigenvalue weighted by atomic mass is 16.5. The number of carboxylic acids is 1. The Hall–Kier alpha value is -3.35. The summed E-state index contributed by atoms with van der Waals surface area (Å²) in [5.74, 6) is -1.74. The van der Waals surface area contributed by atoms with Gasteiger partial charge in [0, 0.05) is 17.9 Å². The first-order valence-electron chi connectivity index (χ1n) is 11.5. The number of nitrogens with one attached hydrogen (secondary N) is 2. The van der Waals surface area contributed by atoms with Gasteiger partial charge in [0.2, 0.25) is 5.91 Å². The van der Waals surface area contributed by atoms with Crippen LogP contribution in [-0.4, -0.2) is 41.8 Å². The van der Waals surface area contributed by atoms with Crippen LogP contribution < -0.4 is 10.6 Å². The van der Waals surface area contributed by atoms with Crippen molar-refractivity contribution in [3.05, 3.63) is 59.7 Å². The summed E-state index contributed by atoms with van der Waals surface area (Å²) in [6.07, 6.45) is 1.11. The maximum atomic E-state index is 12.4. The molecule has 4 rings (SSSR count). The van der Waals surface area contributed by atoms with Crippen molar-refractivity contribution in [1.29, 1.82) is 0 Å². The third kappa shape index (κ3) is 4.72. The molecular weight excluding hydrogens is 420 g/mol. The van der Waals surface area contributed by atoms with E-state index < -0.39 is 18.1 Å². The minimum Gasteiger partial charge on any atom is -0.480 e. The van der Waals surface area contributed by atoms with Crippen molar-refractivity contribution >= 4 is 18.0 Å². The highest BCUT2D eigenvalue weighted by Gasteiger charge is 2.38. The van der Waals surface area contributed by atoms with Gasteiger partial charge in [-0.15, -0.1) is 0 Å². The second-order valence-electron chi connectivity index (χ2n) is 9.05. The van der Waals surface area contributed by atoms with E-state index in [4.69, 9.17) is 4.74 Å². The maximum Gasteiger partial charge on any atom is 0.407 e. The number of ether oxygens (including phenoxy) is 1. The number of hydrogen-bond donors (Lipinski definition) is 3. The number of benzene rings is 2. The normalized spacial score (nSPS) is 20.5. The van der Waals surface area contributed by atoms with E-state index in [1.807, 2.05) is 31.2 Å². The molecule has 33 heavy (non-hydrogen) atoms. The largest absolute Gasteiger partial charge is 0.480 e. The van der Waals surface area contributed by atoms with Gasteiger partial charge >= 0.3 is 12.1 Å². The first-order valence-corrected chi connectivity index (χ1v) is 11.5. The second-order valence-corrected chi connectivity index (χ2v) is 9.05. The minimum absolute atomic E-state index is 0.00317. The fraction of sp³-hybridized carbons (Fsp3) is 0.423. The van der Waals surface area contributed by atoms with Gasteiger partial charge in [-0.05, 0) is 41.0 Å². The van der Waals surface area contributed by atoms with Crippen LogP contribution in [0.15, 0.2) is 48.5 Å². The number of carbonyl (C=O) groups excluding carboxylic acids is 2. The van der Waals surface area contributed by atoms with Crippen molar-refractivity contribution in [1.82, 2.24) is 10.6 Å². The van der Waals surface area contributed by atoms with Gasteiger partial charge in [0.15, 0.2) is 0 Å². The zero-order valence-electron chi connectivity index (χ0n) is 18.9. The molecule has 2 amide bonds. The van der Waals surface area contributed by atoms with Gasteiger partial charge in [-0.25, -0.2) is 9.59 Å². The molecule has 7 nitrogen and oxygen atoms in total. The average molecular weight is 451 g/mol. The molecule has 0 bridgehead atoms. The van der Waals surface area contributed by atoms with E-state index in [1.54, 1.807) is 6.92 Å². The Kier molecular flexibility index (Phi) is 6.67. The van der Waals surface area contributed by atoms with Crippen LogP contribution >= 0.6 is 0 Å². The topological polar surface area (TPSA) is 105 Å². The van der Waals surface area contributed by atoms with Gasteiger partial charge in [0.05, 0.1) is 0 Å². The zero-order chi connectivity index (χ0) is 23.5. The summed E-state index contributed by atoms with van der Waals surface area (Å²) < 4.78 is 5.56. The molecule has 1 saturated carbocycles. The lowest BCUT2D eigenvalue weighted by Gasteiger charge is -2.35. The molecule has 2 aromatic carbocycles. The fourth-order valence-electron chi connectivity index (χ4n) is 4.71. The molecular formula is C26H30N2O5. The lowest BCUT2D eigenvalue weighted by Crippen LogP contribution is -2.53. The highest BCUT2D eigenvalue weighted by molar-refractivity contribution is 5.86. The van der Waals surface area contributed by atoms with E-state index in [0.717, 1.165) is 11.1 Å². The number of carbonyl (C=O) groups is 3. The summed E-state index contributed by atoms with van der Waals surface area (Å²) in [6.45, 7) is 3.94. The van der Waals surface area contributed by atoms with Gasteiger partial charge in [-0.2, -0.15) is 0 Å². The van der Waals surface area contributed by atoms with Crippen LogP contribution in [0.4, 0.5) is 4.79 Å². The molecule has 0 heterocycles. The second kappa shape index (κ2) is 9.65. The van der Waals surface area contributed by atoms with Crippen LogP contribution in [-0.2, 0) is 14.3 Å². The number of aliphatic carboxylic acids is 1. The molecule has 3 N–H and O–H groups in total. The van der Waals surface area contributed by atoms with Crippen LogP contribution in [0.25, 0.3) is 11.1 Å². The Morgan fingerprint density at radius 2 is 1.61 bits per heavy atom. The summed E-state index contributed by atoms with van der Waals surface area (Å²) in [5, 5.41) is 14.8. The van der Waals surface area contributed by atoms with Crippen molar-refractivity contribution in [2.45, 2.75) is 51.1 Å². The van der Waals surface area contributed by atoms with Crippen molar-refractivity contribution in [3.63, 3.8) is 0 Å². The Morgan fingerprint density at radius 1 is 1.03 bits per heavy atom. The SMILES string of the molecule is CC[C@H](C)[C@H](NC(=O)C1CC(NC(=O)OCC2c3ccccc3-c3ccccc32)C1)C(=O)O. The summed E-state index contributed by atoms with van der Waals surface area (Å²) >= 11 is 0. The predicted octanol–water partition coefficient (Wildman–Crippen LogP) is 3.92. The van der Waals surface area contributed by atoms with Gasteiger partial charge in [-0.3, -0.25) is 4.79 Å². The van der Waals surface area contributed by atoms with E-state index in [0.29, 0.717) is 19.3 Å². The summed E-state index contributed by atoms with van der Waals surface area (Å²) in [4.78, 5) is 36.2. The van der Waals surface area contributed by atoms with E-state index in [2.05, 4.69) is 34.9 Å². The number of amides is 2. The summed E-state index contributed by atoms with van der Waals surface area (Å²) in [5.41, 5.74) is 4.65. The van der Waals surface area contributed by atoms with Gasteiger partial charge in [-0.1, -0.05) is 68.8 Å². The van der Waals surface area contributed by atoms with Crippen LogP contribution in [0.1, 0.15) is 50.2 Å². The van der Waals surface area contributed by atoms with E-state index in [-0.39, 0.29) is 36.3 Å². The molecule has 0 spiro atoms. The van der Waals surface area contributed by atoms with Crippen molar-refractivity contribution < 1.29 is 24.2 Å². The molecule has 2 atom stereocenters. The standard InChI is InChI=1S/C26H30N2O5/c1-3-15(2)23(25(30)31)28-24(29)16-12-17(13-16)27-26(32)33-14-22-20-10-6-4-8-18(20)19-9-5-7-11-21(19)22/h4-11,15-17,22-23H,3,12-14H2,1-2H3,(H,27,32)(H,28,29)(H,30,31)/t15-,16?,17?,23-/m0/s1. The molecule has 0 aromatic heterocycles. The number of carboxylic acid groups (broad SMARTS) is 1. The number of hydrogen-bond acceptors (Lipinski definition) is 4. The molecule has 0 aliphatic heterocycles. The predicted molar refractivity (Wildman–Crippen MR) is 124 cm³/mol. The Balaban J connectivity index is 1.26. The monoisotopic (exact) mass is 450 g/mol. The Morgan fingerprint density at radius 3 is 2.15 bits per heavy atom. The molecule has 1 fully saturated rings. The summed E-state index contributed by atoms with van der Waals surface area (Å²) in [7, 11) is 0. The first-order chi connectivity index (χ1) is 15.9.